The molecule has 2 aliphatic heterocycles. The summed E-state index contributed by atoms with van der Waals surface area (Å²) < 4.78 is 10.9. The molecule has 5 atom stereocenters. The highest BCUT2D eigenvalue weighted by Crippen LogP contribution is 2.26. The molecule has 160 valence electrons. The highest BCUT2D eigenvalue weighted by molar-refractivity contribution is 5.94. The van der Waals surface area contributed by atoms with Crippen molar-refractivity contribution < 1.29 is 29.3 Å². The number of aryl methyl sites for hydroxylation is 1. The van der Waals surface area contributed by atoms with Crippen LogP contribution in [0.3, 0.4) is 0 Å². The number of aliphatic hydroxyl groups is 2. The molecule has 2 aliphatic rings. The van der Waals surface area contributed by atoms with Gasteiger partial charge in [0.25, 0.3) is 5.91 Å². The summed E-state index contributed by atoms with van der Waals surface area (Å²) in [4.78, 5) is 26.7. The summed E-state index contributed by atoms with van der Waals surface area (Å²) in [6.45, 7) is 3.13. The van der Waals surface area contributed by atoms with E-state index in [1.807, 2.05) is 19.1 Å². The number of aliphatic hydroxyl groups excluding tert-OH is 2. The molecule has 0 aliphatic carbocycles. The molecule has 29 heavy (non-hydrogen) atoms. The number of methoxy groups -OCH3 is 1. The van der Waals surface area contributed by atoms with Crippen LogP contribution in [-0.2, 0) is 14.3 Å². The lowest BCUT2D eigenvalue weighted by Gasteiger charge is -2.26. The molecule has 0 spiro atoms. The smallest absolute Gasteiger partial charge is 0.251 e. The molecule has 1 aromatic rings. The Morgan fingerprint density at radius 2 is 1.90 bits per heavy atom. The van der Waals surface area contributed by atoms with Gasteiger partial charge in [-0.2, -0.15) is 0 Å². The van der Waals surface area contributed by atoms with Crippen LogP contribution in [-0.4, -0.2) is 84.2 Å². The van der Waals surface area contributed by atoms with E-state index in [1.54, 1.807) is 24.1 Å². The van der Waals surface area contributed by atoms with E-state index in [1.165, 1.54) is 0 Å². The van der Waals surface area contributed by atoms with Gasteiger partial charge in [0.05, 0.1) is 25.2 Å². The third-order valence-electron chi connectivity index (χ3n) is 5.67. The van der Waals surface area contributed by atoms with Crippen LogP contribution in [0.4, 0.5) is 0 Å². The van der Waals surface area contributed by atoms with E-state index in [9.17, 15) is 19.8 Å². The minimum Gasteiger partial charge on any atom is -0.388 e. The normalized spacial score (nSPS) is 29.2. The highest BCUT2D eigenvalue weighted by Gasteiger charge is 2.44. The Morgan fingerprint density at radius 3 is 2.59 bits per heavy atom. The highest BCUT2D eigenvalue weighted by atomic mass is 16.5. The van der Waals surface area contributed by atoms with Gasteiger partial charge in [-0.1, -0.05) is 17.7 Å². The fraction of sp³-hybridized carbons (Fsp3) is 0.619. The minimum absolute atomic E-state index is 0.0130. The average molecular weight is 406 g/mol. The van der Waals surface area contributed by atoms with Gasteiger partial charge in [-0.15, -0.1) is 0 Å². The van der Waals surface area contributed by atoms with Gasteiger partial charge in [-0.25, -0.2) is 0 Å². The van der Waals surface area contributed by atoms with Gasteiger partial charge in [0, 0.05) is 25.8 Å². The quantitative estimate of drug-likeness (QED) is 0.599. The number of hydrogen-bond donors (Lipinski definition) is 3. The number of benzene rings is 1. The topological polar surface area (TPSA) is 108 Å². The summed E-state index contributed by atoms with van der Waals surface area (Å²) in [6, 6.07) is 7.17. The first-order chi connectivity index (χ1) is 13.9. The lowest BCUT2D eigenvalue weighted by molar-refractivity contribution is -0.137. The molecule has 1 aromatic carbocycles. The fourth-order valence-corrected chi connectivity index (χ4v) is 3.98. The predicted octanol–water partition coefficient (Wildman–Crippen LogP) is 0.242. The number of nitrogens with zero attached hydrogens (tertiary/aromatic N) is 1. The number of nitrogens with one attached hydrogen (secondary N) is 1. The van der Waals surface area contributed by atoms with Crippen LogP contribution in [0.2, 0.25) is 0 Å². The maximum Gasteiger partial charge on any atom is 0.251 e. The van der Waals surface area contributed by atoms with Crippen LogP contribution in [0.5, 0.6) is 0 Å². The van der Waals surface area contributed by atoms with Gasteiger partial charge in [0.15, 0.2) is 0 Å². The average Bonchev–Trinajstić information content (AvgIpc) is 3.27. The van der Waals surface area contributed by atoms with E-state index in [4.69, 9.17) is 9.47 Å². The molecule has 2 amide bonds. The van der Waals surface area contributed by atoms with Gasteiger partial charge in [0.2, 0.25) is 5.91 Å². The van der Waals surface area contributed by atoms with Gasteiger partial charge in [0.1, 0.15) is 18.3 Å². The Bertz CT molecular complexity index is 710. The third kappa shape index (κ3) is 5.14. The van der Waals surface area contributed by atoms with E-state index >= 15 is 0 Å². The molecule has 2 fully saturated rings. The van der Waals surface area contributed by atoms with Crippen LogP contribution >= 0.6 is 0 Å². The second kappa shape index (κ2) is 9.67. The molecule has 8 nitrogen and oxygen atoms in total. The van der Waals surface area contributed by atoms with Crippen LogP contribution in [0.1, 0.15) is 35.2 Å². The molecule has 2 heterocycles. The Morgan fingerprint density at radius 1 is 1.21 bits per heavy atom. The molecule has 0 saturated carbocycles. The fourth-order valence-electron chi connectivity index (χ4n) is 3.98. The molecule has 0 unspecified atom stereocenters. The second-order valence-corrected chi connectivity index (χ2v) is 7.81. The first-order valence-corrected chi connectivity index (χ1v) is 10.1. The number of ether oxygens (including phenoxy) is 2. The van der Waals surface area contributed by atoms with Crippen molar-refractivity contribution in [1.29, 1.82) is 0 Å². The Labute approximate surface area is 170 Å². The van der Waals surface area contributed by atoms with Crippen molar-refractivity contribution in [3.63, 3.8) is 0 Å². The van der Waals surface area contributed by atoms with Gasteiger partial charge in [-0.3, -0.25) is 9.59 Å². The minimum atomic E-state index is -1.18. The van der Waals surface area contributed by atoms with Crippen LogP contribution in [0.15, 0.2) is 24.3 Å². The van der Waals surface area contributed by atoms with Gasteiger partial charge < -0.3 is 29.9 Å². The van der Waals surface area contributed by atoms with E-state index in [0.717, 1.165) is 18.4 Å². The molecule has 8 heteroatoms. The standard InChI is InChI=1S/C21H30N2O6/c1-13-5-7-14(8-6-13)21(27)22-11-17-20(26)19(25)16(29-17)10-18(24)23-9-3-4-15(23)12-28-2/h5-8,15-17,19-20,25-26H,3-4,9-12H2,1-2H3,(H,22,27)/t15-,16+,17-,19+,20-/m1/s1. The van der Waals surface area contributed by atoms with Crippen LogP contribution < -0.4 is 5.32 Å². The molecule has 0 bridgehead atoms. The van der Waals surface area contributed by atoms with Gasteiger partial charge >= 0.3 is 0 Å². The summed E-state index contributed by atoms with van der Waals surface area (Å²) in [7, 11) is 1.61. The summed E-state index contributed by atoms with van der Waals surface area (Å²) in [5.74, 6) is -0.403. The Hall–Kier alpha value is -2.00. The number of likely N-dealkylation sites (tertiary alicyclic amines) is 1. The molecule has 3 N–H and O–H groups in total. The lowest BCUT2D eigenvalue weighted by Crippen LogP contribution is -2.42. The molecule has 2 saturated heterocycles. The van der Waals surface area contributed by atoms with E-state index in [-0.39, 0.29) is 30.8 Å². The van der Waals surface area contributed by atoms with Gasteiger partial charge in [-0.05, 0) is 31.9 Å². The zero-order valence-electron chi connectivity index (χ0n) is 16.9. The summed E-state index contributed by atoms with van der Waals surface area (Å²) in [6.07, 6.45) is -2.12. The van der Waals surface area contributed by atoms with Crippen molar-refractivity contribution >= 4 is 11.8 Å². The second-order valence-electron chi connectivity index (χ2n) is 7.81. The SMILES string of the molecule is COC[C@H]1CCCN1C(=O)C[C@@H]1O[C@H](CNC(=O)c2ccc(C)cc2)[C@@H](O)[C@H]1O. The summed E-state index contributed by atoms with van der Waals surface area (Å²) in [5.41, 5.74) is 1.56. The van der Waals surface area contributed by atoms with Crippen LogP contribution in [0, 0.1) is 6.92 Å². The number of amides is 2. The van der Waals surface area contributed by atoms with Crippen molar-refractivity contribution in [1.82, 2.24) is 10.2 Å². The molecule has 0 radical (unpaired) electrons. The number of carbonyl (C=O) groups excluding carboxylic acids is 2. The molecule has 3 rings (SSSR count). The molecular formula is C21H30N2O6. The van der Waals surface area contributed by atoms with E-state index < -0.39 is 24.4 Å². The number of carbonyl (C=O) groups is 2. The first-order valence-electron chi connectivity index (χ1n) is 10.1. The monoisotopic (exact) mass is 406 g/mol. The third-order valence-corrected chi connectivity index (χ3v) is 5.67. The number of hydrogen-bond acceptors (Lipinski definition) is 6. The maximum absolute atomic E-state index is 12.7. The van der Waals surface area contributed by atoms with Crippen LogP contribution in [0.25, 0.3) is 0 Å². The lowest BCUT2D eigenvalue weighted by atomic mass is 10.0. The Kier molecular flexibility index (Phi) is 7.23. The van der Waals surface area contributed by atoms with Crippen molar-refractivity contribution in [2.75, 3.05) is 26.8 Å². The first kappa shape index (κ1) is 21.7. The maximum atomic E-state index is 12.7. The molecular weight excluding hydrogens is 376 g/mol. The molecule has 0 aromatic heterocycles. The van der Waals surface area contributed by atoms with Crippen molar-refractivity contribution in [3.05, 3.63) is 35.4 Å². The van der Waals surface area contributed by atoms with Crippen molar-refractivity contribution in [3.8, 4) is 0 Å². The zero-order chi connectivity index (χ0) is 21.0. The largest absolute Gasteiger partial charge is 0.388 e. The van der Waals surface area contributed by atoms with E-state index in [0.29, 0.717) is 18.7 Å². The summed E-state index contributed by atoms with van der Waals surface area (Å²) in [5, 5.41) is 23.3. The van der Waals surface area contributed by atoms with Crippen molar-refractivity contribution in [2.24, 2.45) is 0 Å². The Balaban J connectivity index is 1.52. The van der Waals surface area contributed by atoms with Crippen molar-refractivity contribution in [2.45, 2.75) is 56.6 Å². The van der Waals surface area contributed by atoms with E-state index in [2.05, 4.69) is 5.32 Å². The number of rotatable bonds is 7. The summed E-state index contributed by atoms with van der Waals surface area (Å²) >= 11 is 0. The zero-order valence-corrected chi connectivity index (χ0v) is 16.9. The predicted molar refractivity (Wildman–Crippen MR) is 105 cm³/mol.